The van der Waals surface area contributed by atoms with Gasteiger partial charge >= 0.3 is 0 Å². The largest absolute Gasteiger partial charge is 0.356 e. The number of carbonyl (C=O) groups is 2. The van der Waals surface area contributed by atoms with Crippen molar-refractivity contribution in [1.29, 1.82) is 0 Å². The summed E-state index contributed by atoms with van der Waals surface area (Å²) in [6.07, 6.45) is 4.93. The lowest BCUT2D eigenvalue weighted by Gasteiger charge is -2.29. The number of hydrogen-bond donors (Lipinski definition) is 2. The van der Waals surface area contributed by atoms with Crippen molar-refractivity contribution in [3.63, 3.8) is 0 Å². The first-order valence-corrected chi connectivity index (χ1v) is 16.5. The van der Waals surface area contributed by atoms with Gasteiger partial charge in [0.05, 0.1) is 17.1 Å². The van der Waals surface area contributed by atoms with Gasteiger partial charge in [0.2, 0.25) is 5.91 Å². The van der Waals surface area contributed by atoms with Gasteiger partial charge in [-0.05, 0) is 112 Å². The van der Waals surface area contributed by atoms with Gasteiger partial charge in [-0.25, -0.2) is 8.42 Å². The predicted octanol–water partition coefficient (Wildman–Crippen LogP) is 6.19. The van der Waals surface area contributed by atoms with Crippen LogP contribution in [-0.4, -0.2) is 51.8 Å². The number of hydrogen-bond acceptors (Lipinski definition) is 5. The van der Waals surface area contributed by atoms with E-state index in [0.717, 1.165) is 48.2 Å². The van der Waals surface area contributed by atoms with Crippen LogP contribution in [0.25, 0.3) is 5.57 Å². The second kappa shape index (κ2) is 12.4. The quantitative estimate of drug-likeness (QED) is 0.340. The Labute approximate surface area is 257 Å². The fourth-order valence-corrected chi connectivity index (χ4v) is 7.97. The SMILES string of the molecule is CC1=C(CC(=O)NCC2CCN(C)CC2)C(C)=C(C=C2C(=O)Nc3ccc(S(=O)(=O)Cc4c(Cl)cccc4Cl)cc32)C1. The van der Waals surface area contributed by atoms with Crippen molar-refractivity contribution in [2.45, 2.75) is 50.2 Å². The third kappa shape index (κ3) is 6.52. The molecule has 0 aromatic heterocycles. The van der Waals surface area contributed by atoms with Gasteiger partial charge < -0.3 is 15.5 Å². The number of carbonyl (C=O) groups excluding carboxylic acids is 2. The first kappa shape index (κ1) is 30.5. The molecule has 1 saturated heterocycles. The molecule has 0 atom stereocenters. The summed E-state index contributed by atoms with van der Waals surface area (Å²) in [5.41, 5.74) is 5.82. The van der Waals surface area contributed by atoms with Crippen molar-refractivity contribution in [2.75, 3.05) is 32.0 Å². The highest BCUT2D eigenvalue weighted by Gasteiger charge is 2.29. The van der Waals surface area contributed by atoms with Crippen LogP contribution in [0.4, 0.5) is 5.69 Å². The topological polar surface area (TPSA) is 95.6 Å². The molecule has 0 saturated carbocycles. The Balaban J connectivity index is 1.34. The summed E-state index contributed by atoms with van der Waals surface area (Å²) < 4.78 is 26.7. The summed E-state index contributed by atoms with van der Waals surface area (Å²) in [6.45, 7) is 6.81. The van der Waals surface area contributed by atoms with Crippen LogP contribution in [0.1, 0.15) is 50.7 Å². The summed E-state index contributed by atoms with van der Waals surface area (Å²) in [6, 6.07) is 9.49. The van der Waals surface area contributed by atoms with Crippen LogP contribution in [0.2, 0.25) is 10.0 Å². The van der Waals surface area contributed by atoms with Crippen molar-refractivity contribution >= 4 is 56.1 Å². The first-order chi connectivity index (χ1) is 19.9. The molecule has 7 nitrogen and oxygen atoms in total. The Morgan fingerprint density at radius 1 is 1.12 bits per heavy atom. The van der Waals surface area contributed by atoms with Crippen LogP contribution in [0.15, 0.2) is 69.7 Å². The number of rotatable bonds is 8. The summed E-state index contributed by atoms with van der Waals surface area (Å²) in [5.74, 6) is -0.136. The molecule has 3 aliphatic rings. The molecule has 222 valence electrons. The number of anilines is 1. The molecule has 0 radical (unpaired) electrons. The van der Waals surface area contributed by atoms with Gasteiger partial charge in [0.25, 0.3) is 5.91 Å². The number of piperidine rings is 1. The third-order valence-electron chi connectivity index (χ3n) is 8.52. The number of benzene rings is 2. The molecule has 2 aromatic rings. The summed E-state index contributed by atoms with van der Waals surface area (Å²) >= 11 is 12.5. The average molecular weight is 629 g/mol. The zero-order valence-electron chi connectivity index (χ0n) is 24.0. The van der Waals surface area contributed by atoms with E-state index in [4.69, 9.17) is 23.2 Å². The van der Waals surface area contributed by atoms with Crippen molar-refractivity contribution in [3.8, 4) is 0 Å². The molecule has 2 N–H and O–H groups in total. The summed E-state index contributed by atoms with van der Waals surface area (Å²) in [5, 5.41) is 6.52. The van der Waals surface area contributed by atoms with E-state index in [1.165, 1.54) is 12.1 Å². The zero-order chi connectivity index (χ0) is 30.2. The maximum Gasteiger partial charge on any atom is 0.256 e. The van der Waals surface area contributed by atoms with Gasteiger partial charge in [-0.3, -0.25) is 9.59 Å². The molecule has 42 heavy (non-hydrogen) atoms. The van der Waals surface area contributed by atoms with E-state index in [1.807, 2.05) is 19.9 Å². The Hall–Kier alpha value is -2.91. The van der Waals surface area contributed by atoms with Crippen molar-refractivity contribution in [3.05, 3.63) is 85.9 Å². The second-order valence-electron chi connectivity index (χ2n) is 11.5. The third-order valence-corrected chi connectivity index (χ3v) is 10.9. The predicted molar refractivity (Wildman–Crippen MR) is 168 cm³/mol. The van der Waals surface area contributed by atoms with E-state index >= 15 is 0 Å². The highest BCUT2D eigenvalue weighted by Crippen LogP contribution is 2.40. The molecule has 5 rings (SSSR count). The van der Waals surface area contributed by atoms with Gasteiger partial charge in [0.1, 0.15) is 0 Å². The first-order valence-electron chi connectivity index (χ1n) is 14.1. The van der Waals surface area contributed by atoms with Crippen LogP contribution in [-0.2, 0) is 25.2 Å². The zero-order valence-corrected chi connectivity index (χ0v) is 26.3. The van der Waals surface area contributed by atoms with Crippen LogP contribution in [0.5, 0.6) is 0 Å². The molecule has 0 spiro atoms. The minimum Gasteiger partial charge on any atom is -0.356 e. The normalized spacial score (nSPS) is 19.1. The van der Waals surface area contributed by atoms with E-state index in [0.29, 0.717) is 47.7 Å². The lowest BCUT2D eigenvalue weighted by atomic mass is 9.97. The Bertz CT molecular complexity index is 1630. The standard InChI is InChI=1S/C32H35Cl2N3O4S/c1-19-13-22(20(2)24(19)16-31(38)35-17-21-9-11-37(3)12-10-21)14-26-25-15-23(7-8-30(25)36-32(26)39)42(40,41)18-27-28(33)5-4-6-29(27)34/h4-8,14-15,21H,9-13,16-18H2,1-3H3,(H,35,38)(H,36,39). The van der Waals surface area contributed by atoms with E-state index in [9.17, 15) is 18.0 Å². The Morgan fingerprint density at radius 3 is 2.50 bits per heavy atom. The molecular weight excluding hydrogens is 593 g/mol. The minimum absolute atomic E-state index is 0.00829. The number of allylic oxidation sites excluding steroid dienone is 4. The van der Waals surface area contributed by atoms with E-state index in [1.54, 1.807) is 24.3 Å². The highest BCUT2D eigenvalue weighted by molar-refractivity contribution is 7.90. The van der Waals surface area contributed by atoms with Gasteiger partial charge in [0.15, 0.2) is 9.84 Å². The maximum atomic E-state index is 13.3. The smallest absolute Gasteiger partial charge is 0.256 e. The van der Waals surface area contributed by atoms with Gasteiger partial charge in [0, 0.05) is 39.0 Å². The molecular formula is C32H35Cl2N3O4S. The number of halogens is 2. The molecule has 2 amide bonds. The number of amides is 2. The minimum atomic E-state index is -3.81. The maximum absolute atomic E-state index is 13.3. The van der Waals surface area contributed by atoms with Crippen LogP contribution < -0.4 is 10.6 Å². The second-order valence-corrected chi connectivity index (χ2v) is 14.3. The molecule has 2 heterocycles. The number of nitrogens with zero attached hydrogens (tertiary/aromatic N) is 1. The van der Waals surface area contributed by atoms with Crippen LogP contribution >= 0.6 is 23.2 Å². The molecule has 1 aliphatic carbocycles. The van der Waals surface area contributed by atoms with Gasteiger partial charge in [-0.2, -0.15) is 0 Å². The van der Waals surface area contributed by atoms with Crippen LogP contribution in [0, 0.1) is 5.92 Å². The van der Waals surface area contributed by atoms with Crippen molar-refractivity contribution in [1.82, 2.24) is 10.2 Å². The highest BCUT2D eigenvalue weighted by atomic mass is 35.5. The number of likely N-dealkylation sites (tertiary alicyclic amines) is 1. The molecule has 10 heteroatoms. The molecule has 0 bridgehead atoms. The van der Waals surface area contributed by atoms with Crippen LogP contribution in [0.3, 0.4) is 0 Å². The summed E-state index contributed by atoms with van der Waals surface area (Å²) in [7, 11) is -1.68. The molecule has 0 unspecified atom stereocenters. The monoisotopic (exact) mass is 627 g/mol. The lowest BCUT2D eigenvalue weighted by Crippen LogP contribution is -2.36. The van der Waals surface area contributed by atoms with E-state index < -0.39 is 9.84 Å². The Kier molecular flexibility index (Phi) is 8.99. The number of sulfone groups is 1. The molecule has 1 fully saturated rings. The molecule has 2 aromatic carbocycles. The van der Waals surface area contributed by atoms with Gasteiger partial charge in [-0.15, -0.1) is 0 Å². The van der Waals surface area contributed by atoms with E-state index in [-0.39, 0.29) is 32.5 Å². The lowest BCUT2D eigenvalue weighted by molar-refractivity contribution is -0.120. The van der Waals surface area contributed by atoms with Gasteiger partial charge in [-0.1, -0.05) is 34.8 Å². The fraction of sp³-hybridized carbons (Fsp3) is 0.375. The van der Waals surface area contributed by atoms with Crippen molar-refractivity contribution in [2.24, 2.45) is 5.92 Å². The Morgan fingerprint density at radius 2 is 1.81 bits per heavy atom. The average Bonchev–Trinajstić information content (AvgIpc) is 3.40. The number of fused-ring (bicyclic) bond motifs is 1. The number of nitrogens with one attached hydrogen (secondary N) is 2. The molecule has 2 aliphatic heterocycles. The van der Waals surface area contributed by atoms with E-state index in [2.05, 4.69) is 22.6 Å². The summed E-state index contributed by atoms with van der Waals surface area (Å²) in [4.78, 5) is 28.2. The fourth-order valence-electron chi connectivity index (χ4n) is 5.85. The van der Waals surface area contributed by atoms with Crippen molar-refractivity contribution < 1.29 is 18.0 Å².